The molecule has 142 valence electrons. The SMILES string of the molecule is Cc1cc(C)cc(NC(=O)C2CC2C(=O)Nc2ccccc2C(C)(C)C)c1. The highest BCUT2D eigenvalue weighted by molar-refractivity contribution is 6.03. The molecule has 1 saturated carbocycles. The Hall–Kier alpha value is -2.62. The summed E-state index contributed by atoms with van der Waals surface area (Å²) in [6, 6.07) is 13.8. The molecule has 0 saturated heterocycles. The van der Waals surface area contributed by atoms with Crippen LogP contribution in [0.4, 0.5) is 11.4 Å². The van der Waals surface area contributed by atoms with Crippen LogP contribution in [0.15, 0.2) is 42.5 Å². The summed E-state index contributed by atoms with van der Waals surface area (Å²) in [5.74, 6) is -0.673. The molecular weight excluding hydrogens is 336 g/mol. The molecule has 0 aliphatic heterocycles. The van der Waals surface area contributed by atoms with Crippen molar-refractivity contribution < 1.29 is 9.59 Å². The van der Waals surface area contributed by atoms with Crippen molar-refractivity contribution >= 4 is 23.2 Å². The quantitative estimate of drug-likeness (QED) is 0.817. The predicted molar refractivity (Wildman–Crippen MR) is 110 cm³/mol. The van der Waals surface area contributed by atoms with Gasteiger partial charge in [0.1, 0.15) is 0 Å². The molecule has 0 spiro atoms. The Kier molecular flexibility index (Phi) is 5.09. The van der Waals surface area contributed by atoms with Crippen molar-refractivity contribution in [2.24, 2.45) is 11.8 Å². The third-order valence-corrected chi connectivity index (χ3v) is 4.95. The Morgan fingerprint density at radius 1 is 0.889 bits per heavy atom. The van der Waals surface area contributed by atoms with Crippen LogP contribution in [0, 0.1) is 25.7 Å². The summed E-state index contributed by atoms with van der Waals surface area (Å²) < 4.78 is 0. The van der Waals surface area contributed by atoms with E-state index in [2.05, 4.69) is 37.5 Å². The number of benzene rings is 2. The van der Waals surface area contributed by atoms with Gasteiger partial charge in [0.15, 0.2) is 0 Å². The Bertz CT molecular complexity index is 860. The lowest BCUT2D eigenvalue weighted by Crippen LogP contribution is -2.22. The van der Waals surface area contributed by atoms with Gasteiger partial charge in [0.05, 0.1) is 11.8 Å². The zero-order valence-electron chi connectivity index (χ0n) is 16.7. The Balaban J connectivity index is 1.63. The molecule has 2 amide bonds. The molecule has 2 unspecified atom stereocenters. The van der Waals surface area contributed by atoms with Crippen molar-refractivity contribution in [3.63, 3.8) is 0 Å². The van der Waals surface area contributed by atoms with E-state index in [1.54, 1.807) is 0 Å². The van der Waals surface area contributed by atoms with Crippen molar-refractivity contribution in [3.05, 3.63) is 59.2 Å². The van der Waals surface area contributed by atoms with E-state index in [-0.39, 0.29) is 29.1 Å². The van der Waals surface area contributed by atoms with Crippen molar-refractivity contribution in [2.45, 2.75) is 46.5 Å². The van der Waals surface area contributed by atoms with E-state index in [1.165, 1.54) is 0 Å². The Labute approximate surface area is 161 Å². The molecule has 2 aromatic carbocycles. The van der Waals surface area contributed by atoms with Gasteiger partial charge in [-0.15, -0.1) is 0 Å². The number of rotatable bonds is 4. The van der Waals surface area contributed by atoms with Crippen molar-refractivity contribution in [3.8, 4) is 0 Å². The first kappa shape index (κ1) is 19.2. The fraction of sp³-hybridized carbons (Fsp3) is 0.391. The van der Waals surface area contributed by atoms with Crippen LogP contribution in [0.25, 0.3) is 0 Å². The molecule has 1 aliphatic carbocycles. The van der Waals surface area contributed by atoms with E-state index in [4.69, 9.17) is 0 Å². The lowest BCUT2D eigenvalue weighted by atomic mass is 9.86. The Morgan fingerprint density at radius 2 is 1.44 bits per heavy atom. The van der Waals surface area contributed by atoms with Gasteiger partial charge in [-0.2, -0.15) is 0 Å². The average Bonchev–Trinajstić information content (AvgIpc) is 3.34. The second-order valence-electron chi connectivity index (χ2n) is 8.60. The van der Waals surface area contributed by atoms with Gasteiger partial charge in [-0.05, 0) is 60.6 Å². The summed E-state index contributed by atoms with van der Waals surface area (Å²) in [5, 5.41) is 5.98. The first-order valence-electron chi connectivity index (χ1n) is 9.44. The highest BCUT2D eigenvalue weighted by Crippen LogP contribution is 2.41. The van der Waals surface area contributed by atoms with Crippen LogP contribution >= 0.6 is 0 Å². The molecule has 4 heteroatoms. The monoisotopic (exact) mass is 364 g/mol. The zero-order valence-corrected chi connectivity index (χ0v) is 16.7. The molecule has 1 aliphatic rings. The van der Waals surface area contributed by atoms with Gasteiger partial charge in [0, 0.05) is 11.4 Å². The molecule has 2 aromatic rings. The minimum absolute atomic E-state index is 0.0623. The maximum Gasteiger partial charge on any atom is 0.228 e. The third kappa shape index (κ3) is 4.57. The topological polar surface area (TPSA) is 58.2 Å². The summed E-state index contributed by atoms with van der Waals surface area (Å²) in [4.78, 5) is 25.1. The smallest absolute Gasteiger partial charge is 0.228 e. The highest BCUT2D eigenvalue weighted by Gasteiger charge is 2.48. The fourth-order valence-corrected chi connectivity index (χ4v) is 3.53. The fourth-order valence-electron chi connectivity index (χ4n) is 3.53. The first-order valence-corrected chi connectivity index (χ1v) is 9.44. The number of amides is 2. The van der Waals surface area contributed by atoms with Crippen molar-refractivity contribution in [2.75, 3.05) is 10.6 Å². The normalized spacial score (nSPS) is 18.7. The van der Waals surface area contributed by atoms with E-state index in [0.717, 1.165) is 28.1 Å². The highest BCUT2D eigenvalue weighted by atomic mass is 16.2. The van der Waals surface area contributed by atoms with Gasteiger partial charge in [-0.25, -0.2) is 0 Å². The molecular formula is C23H28N2O2. The zero-order chi connectivity index (χ0) is 19.8. The molecule has 4 nitrogen and oxygen atoms in total. The summed E-state index contributed by atoms with van der Waals surface area (Å²) >= 11 is 0. The second-order valence-corrected chi connectivity index (χ2v) is 8.60. The number of nitrogens with one attached hydrogen (secondary N) is 2. The average molecular weight is 364 g/mol. The van der Waals surface area contributed by atoms with Crippen LogP contribution in [0.1, 0.15) is 43.9 Å². The van der Waals surface area contributed by atoms with E-state index >= 15 is 0 Å². The van der Waals surface area contributed by atoms with Crippen LogP contribution in [0.2, 0.25) is 0 Å². The van der Waals surface area contributed by atoms with E-state index in [9.17, 15) is 9.59 Å². The van der Waals surface area contributed by atoms with Gasteiger partial charge in [-0.1, -0.05) is 45.0 Å². The van der Waals surface area contributed by atoms with E-state index < -0.39 is 0 Å². The minimum atomic E-state index is -0.260. The van der Waals surface area contributed by atoms with Gasteiger partial charge in [0.25, 0.3) is 0 Å². The number of carbonyl (C=O) groups excluding carboxylic acids is 2. The minimum Gasteiger partial charge on any atom is -0.326 e. The molecule has 1 fully saturated rings. The molecule has 2 N–H and O–H groups in total. The van der Waals surface area contributed by atoms with Crippen molar-refractivity contribution in [1.82, 2.24) is 0 Å². The second kappa shape index (κ2) is 7.18. The molecule has 27 heavy (non-hydrogen) atoms. The molecule has 3 rings (SSSR count). The molecule has 0 bridgehead atoms. The molecule has 2 atom stereocenters. The summed E-state index contributed by atoms with van der Waals surface area (Å²) in [7, 11) is 0. The molecule has 0 radical (unpaired) electrons. The number of hydrogen-bond acceptors (Lipinski definition) is 2. The molecule has 0 heterocycles. The lowest BCUT2D eigenvalue weighted by Gasteiger charge is -2.23. The van der Waals surface area contributed by atoms with Crippen LogP contribution in [-0.4, -0.2) is 11.8 Å². The van der Waals surface area contributed by atoms with Crippen LogP contribution < -0.4 is 10.6 Å². The maximum atomic E-state index is 12.6. The first-order chi connectivity index (χ1) is 12.6. The third-order valence-electron chi connectivity index (χ3n) is 4.95. The van der Waals surface area contributed by atoms with Crippen LogP contribution in [0.5, 0.6) is 0 Å². The molecule has 0 aromatic heterocycles. The van der Waals surface area contributed by atoms with Gasteiger partial charge in [-0.3, -0.25) is 9.59 Å². The van der Waals surface area contributed by atoms with Crippen molar-refractivity contribution in [1.29, 1.82) is 0 Å². The maximum absolute atomic E-state index is 12.6. The largest absolute Gasteiger partial charge is 0.326 e. The summed E-state index contributed by atoms with van der Waals surface area (Å²) in [6.07, 6.45) is 0.597. The number of para-hydroxylation sites is 1. The number of carbonyl (C=O) groups is 2. The summed E-state index contributed by atoms with van der Waals surface area (Å²) in [6.45, 7) is 10.4. The summed E-state index contributed by atoms with van der Waals surface area (Å²) in [5.41, 5.74) is 4.86. The lowest BCUT2D eigenvalue weighted by molar-refractivity contribution is -0.122. The van der Waals surface area contributed by atoms with Gasteiger partial charge >= 0.3 is 0 Å². The standard InChI is InChI=1S/C23H28N2O2/c1-14-10-15(2)12-16(11-14)24-21(26)17-13-18(17)22(27)25-20-9-7-6-8-19(20)23(3,4)5/h6-12,17-18H,13H2,1-5H3,(H,24,26)(H,25,27). The van der Waals surface area contributed by atoms with E-state index in [0.29, 0.717) is 6.42 Å². The van der Waals surface area contributed by atoms with Crippen LogP contribution in [-0.2, 0) is 15.0 Å². The predicted octanol–water partition coefficient (Wildman–Crippen LogP) is 4.81. The van der Waals surface area contributed by atoms with E-state index in [1.807, 2.05) is 50.2 Å². The number of aryl methyl sites for hydroxylation is 2. The number of hydrogen-bond donors (Lipinski definition) is 2. The number of anilines is 2. The Morgan fingerprint density at radius 3 is 2.04 bits per heavy atom. The van der Waals surface area contributed by atoms with Gasteiger partial charge in [0.2, 0.25) is 11.8 Å². The van der Waals surface area contributed by atoms with Gasteiger partial charge < -0.3 is 10.6 Å². The van der Waals surface area contributed by atoms with Crippen LogP contribution in [0.3, 0.4) is 0 Å².